The Kier molecular flexibility index (Phi) is 6.70. The van der Waals surface area contributed by atoms with Gasteiger partial charge in [-0.2, -0.15) is 3.93 Å². The number of imide groups is 1. The van der Waals surface area contributed by atoms with E-state index in [9.17, 15) is 9.59 Å². The van der Waals surface area contributed by atoms with E-state index in [1.54, 1.807) is 26.8 Å². The number of allylic oxidation sites excluding steroid dienone is 2. The van der Waals surface area contributed by atoms with Gasteiger partial charge in [0.15, 0.2) is 0 Å². The standard InChI is InChI=1S/C8H11Br3N2O2/c1-4-5(2)12(10)8(15)13(11)7(14)6(3)9/h4,6H,1-3H3. The molecule has 1 unspecified atom stereocenters. The van der Waals surface area contributed by atoms with Crippen molar-refractivity contribution >= 4 is 60.2 Å². The van der Waals surface area contributed by atoms with E-state index >= 15 is 0 Å². The Morgan fingerprint density at radius 2 is 1.73 bits per heavy atom. The SMILES string of the molecule is CC=C(C)N(Br)C(=O)N(Br)C(=O)C(C)Br. The Morgan fingerprint density at radius 3 is 2.07 bits per heavy atom. The van der Waals surface area contributed by atoms with Crippen LogP contribution in [0, 0.1) is 0 Å². The molecule has 0 aromatic rings. The second kappa shape index (κ2) is 6.65. The fraction of sp³-hybridized carbons (Fsp3) is 0.500. The predicted octanol–water partition coefficient (Wildman–Crippen LogP) is 3.56. The third-order valence-electron chi connectivity index (χ3n) is 1.60. The number of amides is 3. The first-order valence-corrected chi connectivity index (χ1v) is 6.43. The zero-order chi connectivity index (χ0) is 12.2. The molecular formula is C8H11Br3N2O2. The summed E-state index contributed by atoms with van der Waals surface area (Å²) in [5.41, 5.74) is 0.694. The molecular weight excluding hydrogens is 396 g/mol. The molecule has 0 heterocycles. The van der Waals surface area contributed by atoms with Crippen molar-refractivity contribution in [3.05, 3.63) is 11.8 Å². The van der Waals surface area contributed by atoms with Crippen LogP contribution in [0.1, 0.15) is 20.8 Å². The maximum absolute atomic E-state index is 11.7. The topological polar surface area (TPSA) is 40.6 Å². The van der Waals surface area contributed by atoms with Gasteiger partial charge in [0.25, 0.3) is 5.91 Å². The zero-order valence-corrected chi connectivity index (χ0v) is 13.3. The highest BCUT2D eigenvalue weighted by Gasteiger charge is 2.26. The van der Waals surface area contributed by atoms with Gasteiger partial charge in [0.2, 0.25) is 0 Å². The number of rotatable bonds is 2. The smallest absolute Gasteiger partial charge is 0.272 e. The predicted molar refractivity (Wildman–Crippen MR) is 69.8 cm³/mol. The molecule has 0 fully saturated rings. The van der Waals surface area contributed by atoms with Crippen molar-refractivity contribution in [3.63, 3.8) is 0 Å². The Balaban J connectivity index is 4.66. The lowest BCUT2D eigenvalue weighted by molar-refractivity contribution is -0.123. The highest BCUT2D eigenvalue weighted by Crippen LogP contribution is 2.18. The number of halogens is 3. The summed E-state index contributed by atoms with van der Waals surface area (Å²) in [6, 6.07) is -0.498. The lowest BCUT2D eigenvalue weighted by atomic mass is 10.4. The molecule has 0 aliphatic heterocycles. The first-order valence-electron chi connectivity index (χ1n) is 4.09. The van der Waals surface area contributed by atoms with Gasteiger partial charge in [-0.1, -0.05) is 22.0 Å². The minimum Gasteiger partial charge on any atom is -0.272 e. The molecule has 4 nitrogen and oxygen atoms in total. The van der Waals surface area contributed by atoms with Crippen molar-refractivity contribution in [1.82, 2.24) is 7.85 Å². The minimum absolute atomic E-state index is 0.367. The average Bonchev–Trinajstić information content (AvgIpc) is 2.23. The van der Waals surface area contributed by atoms with Gasteiger partial charge in [0.1, 0.15) is 0 Å². The second-order valence-electron chi connectivity index (χ2n) is 2.73. The lowest BCUT2D eigenvalue weighted by Crippen LogP contribution is -2.37. The van der Waals surface area contributed by atoms with Gasteiger partial charge < -0.3 is 0 Å². The molecule has 0 bridgehead atoms. The molecule has 0 aliphatic rings. The summed E-state index contributed by atoms with van der Waals surface area (Å²) in [7, 11) is 0. The number of hydrogen-bond donors (Lipinski definition) is 0. The summed E-state index contributed by atoms with van der Waals surface area (Å²) in [4.78, 5) is 22.7. The second-order valence-corrected chi connectivity index (χ2v) is 5.52. The van der Waals surface area contributed by atoms with Gasteiger partial charge in [-0.15, -0.1) is 0 Å². The first kappa shape index (κ1) is 15.1. The number of nitrogens with zero attached hydrogens (tertiary/aromatic N) is 2. The van der Waals surface area contributed by atoms with E-state index < -0.39 is 10.9 Å². The van der Waals surface area contributed by atoms with Crippen LogP contribution in [0.4, 0.5) is 4.79 Å². The molecule has 0 saturated carbocycles. The van der Waals surface area contributed by atoms with Crippen molar-refractivity contribution in [3.8, 4) is 0 Å². The molecule has 0 spiro atoms. The van der Waals surface area contributed by atoms with E-state index in [1.807, 2.05) is 0 Å². The molecule has 7 heteroatoms. The fourth-order valence-corrected chi connectivity index (χ4v) is 2.11. The molecule has 0 aromatic carbocycles. The monoisotopic (exact) mass is 404 g/mol. The molecule has 1 atom stereocenters. The minimum atomic E-state index is -0.498. The number of urea groups is 1. The molecule has 0 aliphatic carbocycles. The zero-order valence-electron chi connectivity index (χ0n) is 8.50. The van der Waals surface area contributed by atoms with Gasteiger partial charge in [0.05, 0.1) is 37.1 Å². The molecule has 86 valence electrons. The Labute approximate surface area is 114 Å². The van der Waals surface area contributed by atoms with E-state index in [1.165, 1.54) is 3.93 Å². The average molecular weight is 407 g/mol. The Bertz CT molecular complexity index is 292. The third-order valence-corrected chi connectivity index (χ3v) is 3.50. The summed E-state index contributed by atoms with van der Waals surface area (Å²) < 4.78 is 2.07. The van der Waals surface area contributed by atoms with Crippen LogP contribution in [0.15, 0.2) is 11.8 Å². The molecule has 0 N–H and O–H groups in total. The van der Waals surface area contributed by atoms with Gasteiger partial charge in [-0.25, -0.2) is 8.72 Å². The van der Waals surface area contributed by atoms with Gasteiger partial charge in [-0.05, 0) is 20.8 Å². The van der Waals surface area contributed by atoms with Crippen molar-refractivity contribution in [2.75, 3.05) is 0 Å². The normalized spacial score (nSPS) is 13.3. The molecule has 3 amide bonds. The Morgan fingerprint density at radius 1 is 1.27 bits per heavy atom. The van der Waals surface area contributed by atoms with Gasteiger partial charge >= 0.3 is 6.03 Å². The van der Waals surface area contributed by atoms with E-state index in [0.717, 1.165) is 3.93 Å². The quantitative estimate of drug-likeness (QED) is 0.519. The van der Waals surface area contributed by atoms with E-state index in [2.05, 4.69) is 48.2 Å². The molecule has 0 aromatic heterocycles. The van der Waals surface area contributed by atoms with Crippen LogP contribution < -0.4 is 0 Å². The molecule has 0 saturated heterocycles. The summed E-state index contributed by atoms with van der Waals surface area (Å²) >= 11 is 9.07. The van der Waals surface area contributed by atoms with Crippen molar-refractivity contribution in [2.24, 2.45) is 0 Å². The highest BCUT2D eigenvalue weighted by molar-refractivity contribution is 9.10. The maximum Gasteiger partial charge on any atom is 0.351 e. The van der Waals surface area contributed by atoms with Crippen molar-refractivity contribution in [1.29, 1.82) is 0 Å². The van der Waals surface area contributed by atoms with Crippen LogP contribution in [0.2, 0.25) is 0 Å². The largest absolute Gasteiger partial charge is 0.351 e. The van der Waals surface area contributed by atoms with Crippen LogP contribution in [-0.2, 0) is 4.79 Å². The number of alkyl halides is 1. The fourth-order valence-electron chi connectivity index (χ4n) is 0.592. The maximum atomic E-state index is 11.7. The highest BCUT2D eigenvalue weighted by atomic mass is 79.9. The van der Waals surface area contributed by atoms with Crippen LogP contribution in [0.5, 0.6) is 0 Å². The molecule has 0 radical (unpaired) electrons. The van der Waals surface area contributed by atoms with E-state index in [4.69, 9.17) is 0 Å². The Hall–Kier alpha value is 0.120. The summed E-state index contributed by atoms with van der Waals surface area (Å²) in [5, 5.41) is 0. The lowest BCUT2D eigenvalue weighted by Gasteiger charge is -2.20. The summed E-state index contributed by atoms with van der Waals surface area (Å²) in [6.07, 6.45) is 1.75. The van der Waals surface area contributed by atoms with Crippen molar-refractivity contribution < 1.29 is 9.59 Å². The van der Waals surface area contributed by atoms with Crippen LogP contribution in [0.3, 0.4) is 0 Å². The first-order chi connectivity index (χ1) is 6.82. The summed E-state index contributed by atoms with van der Waals surface area (Å²) in [5.74, 6) is -0.367. The third kappa shape index (κ3) is 4.24. The number of carbonyl (C=O) groups excluding carboxylic acids is 2. The van der Waals surface area contributed by atoms with Crippen LogP contribution >= 0.6 is 48.2 Å². The van der Waals surface area contributed by atoms with Crippen LogP contribution in [-0.4, -0.2) is 24.6 Å². The van der Waals surface area contributed by atoms with Gasteiger partial charge in [0, 0.05) is 5.70 Å². The van der Waals surface area contributed by atoms with Gasteiger partial charge in [-0.3, -0.25) is 4.79 Å². The number of carbonyl (C=O) groups is 2. The summed E-state index contributed by atoms with van der Waals surface area (Å²) in [6.45, 7) is 5.19. The van der Waals surface area contributed by atoms with Crippen LogP contribution in [0.25, 0.3) is 0 Å². The molecule has 0 rings (SSSR count). The van der Waals surface area contributed by atoms with Crippen molar-refractivity contribution in [2.45, 2.75) is 25.6 Å². The van der Waals surface area contributed by atoms with E-state index in [0.29, 0.717) is 5.70 Å². The molecule has 15 heavy (non-hydrogen) atoms. The van der Waals surface area contributed by atoms with E-state index in [-0.39, 0.29) is 5.91 Å². The number of hydrogen-bond acceptors (Lipinski definition) is 2.